The highest BCUT2D eigenvalue weighted by molar-refractivity contribution is 5.63. The zero-order valence-electron chi connectivity index (χ0n) is 12.7. The molecule has 1 rings (SSSR count). The molecule has 4 N–H and O–H groups in total. The van der Waals surface area contributed by atoms with Gasteiger partial charge in [0, 0.05) is 5.54 Å². The van der Waals surface area contributed by atoms with Gasteiger partial charge in [-0.3, -0.25) is 0 Å². The minimum absolute atomic E-state index is 0.119. The van der Waals surface area contributed by atoms with E-state index in [1.165, 1.54) is 6.33 Å². The van der Waals surface area contributed by atoms with Crippen LogP contribution in [0, 0.1) is 5.41 Å². The molecule has 0 saturated carbocycles. The van der Waals surface area contributed by atoms with Crippen LogP contribution in [0.5, 0.6) is 5.75 Å². The summed E-state index contributed by atoms with van der Waals surface area (Å²) in [6.07, 6.45) is 2.44. The van der Waals surface area contributed by atoms with Gasteiger partial charge < -0.3 is 15.5 Å². The minimum atomic E-state index is -0.119. The zero-order valence-corrected chi connectivity index (χ0v) is 12.7. The molecule has 0 amide bonds. The second-order valence-corrected chi connectivity index (χ2v) is 6.49. The number of ether oxygens (including phenoxy) is 1. The van der Waals surface area contributed by atoms with Crippen molar-refractivity contribution in [1.82, 2.24) is 9.97 Å². The normalized spacial score (nSPS) is 12.2. The molecule has 6 heteroatoms. The van der Waals surface area contributed by atoms with E-state index in [1.807, 2.05) is 0 Å². The van der Waals surface area contributed by atoms with E-state index in [1.54, 1.807) is 7.11 Å². The topological polar surface area (TPSA) is 85.1 Å². The summed E-state index contributed by atoms with van der Waals surface area (Å²) >= 11 is 0. The lowest BCUT2D eigenvalue weighted by Gasteiger charge is -2.34. The Morgan fingerprint density at radius 2 is 1.74 bits per heavy atom. The number of hydrogen-bond acceptors (Lipinski definition) is 6. The van der Waals surface area contributed by atoms with Gasteiger partial charge in [-0.05, 0) is 25.7 Å². The molecule has 0 fully saturated rings. The average molecular weight is 267 g/mol. The van der Waals surface area contributed by atoms with Crippen molar-refractivity contribution < 1.29 is 4.74 Å². The summed E-state index contributed by atoms with van der Waals surface area (Å²) in [7, 11) is 1.57. The van der Waals surface area contributed by atoms with E-state index < -0.39 is 0 Å². The molecule has 0 bridgehead atoms. The number of nitrogens with zero attached hydrogens (tertiary/aromatic N) is 2. The van der Waals surface area contributed by atoms with Gasteiger partial charge in [-0.2, -0.15) is 0 Å². The first-order chi connectivity index (χ1) is 8.68. The van der Waals surface area contributed by atoms with E-state index in [-0.39, 0.29) is 11.0 Å². The zero-order chi connectivity index (χ0) is 14.7. The number of nitrogens with two attached hydrogens (primary N) is 1. The van der Waals surface area contributed by atoms with Crippen molar-refractivity contribution in [2.45, 2.75) is 46.6 Å². The molecule has 0 atom stereocenters. The Morgan fingerprint density at radius 3 is 2.21 bits per heavy atom. The molecule has 0 aromatic carbocycles. The lowest BCUT2D eigenvalue weighted by Crippen LogP contribution is -2.36. The van der Waals surface area contributed by atoms with Crippen LogP contribution in [0.3, 0.4) is 0 Å². The molecule has 0 unspecified atom stereocenters. The maximum atomic E-state index is 5.41. The Hall–Kier alpha value is -1.56. The van der Waals surface area contributed by atoms with Gasteiger partial charge in [-0.25, -0.2) is 15.8 Å². The van der Waals surface area contributed by atoms with Crippen molar-refractivity contribution in [1.29, 1.82) is 0 Å². The molecule has 1 aromatic rings. The number of methoxy groups -OCH3 is 1. The van der Waals surface area contributed by atoms with Gasteiger partial charge in [0.25, 0.3) is 0 Å². The summed E-state index contributed by atoms with van der Waals surface area (Å²) in [6, 6.07) is 0. The summed E-state index contributed by atoms with van der Waals surface area (Å²) in [4.78, 5) is 8.25. The van der Waals surface area contributed by atoms with Gasteiger partial charge in [-0.15, -0.1) is 0 Å². The highest BCUT2D eigenvalue weighted by atomic mass is 16.5. The van der Waals surface area contributed by atoms with Crippen molar-refractivity contribution in [3.63, 3.8) is 0 Å². The van der Waals surface area contributed by atoms with Crippen LogP contribution in [-0.4, -0.2) is 22.6 Å². The number of hydrogen-bond donors (Lipinski definition) is 3. The van der Waals surface area contributed by atoms with E-state index >= 15 is 0 Å². The van der Waals surface area contributed by atoms with Crippen LogP contribution in [0.25, 0.3) is 0 Å². The maximum Gasteiger partial charge on any atom is 0.205 e. The second kappa shape index (κ2) is 5.61. The molecule has 0 aliphatic heterocycles. The van der Waals surface area contributed by atoms with Crippen molar-refractivity contribution in [3.05, 3.63) is 6.33 Å². The summed E-state index contributed by atoms with van der Waals surface area (Å²) in [5.74, 6) is 7.04. The number of nitrogens with one attached hydrogen (secondary N) is 2. The van der Waals surface area contributed by atoms with Crippen molar-refractivity contribution in [2.24, 2.45) is 11.3 Å². The predicted molar refractivity (Wildman–Crippen MR) is 78.2 cm³/mol. The van der Waals surface area contributed by atoms with Gasteiger partial charge in [0.1, 0.15) is 6.33 Å². The van der Waals surface area contributed by atoms with Crippen molar-refractivity contribution in [3.8, 4) is 5.75 Å². The molecule has 6 nitrogen and oxygen atoms in total. The Bertz CT molecular complexity index is 426. The summed E-state index contributed by atoms with van der Waals surface area (Å²) < 4.78 is 5.31. The first-order valence-corrected chi connectivity index (χ1v) is 6.32. The number of aromatic nitrogens is 2. The molecule has 0 radical (unpaired) electrons. The van der Waals surface area contributed by atoms with E-state index in [0.29, 0.717) is 17.4 Å². The largest absolute Gasteiger partial charge is 0.490 e. The highest BCUT2D eigenvalue weighted by Gasteiger charge is 2.27. The van der Waals surface area contributed by atoms with E-state index in [2.05, 4.69) is 55.3 Å². The van der Waals surface area contributed by atoms with Crippen LogP contribution in [-0.2, 0) is 0 Å². The Balaban J connectivity index is 2.99. The summed E-state index contributed by atoms with van der Waals surface area (Å²) in [5.41, 5.74) is 2.60. The molecule has 19 heavy (non-hydrogen) atoms. The molecule has 0 saturated heterocycles. The van der Waals surface area contributed by atoms with Crippen molar-refractivity contribution in [2.75, 3.05) is 17.9 Å². The fourth-order valence-electron chi connectivity index (χ4n) is 2.45. The minimum Gasteiger partial charge on any atom is -0.490 e. The van der Waals surface area contributed by atoms with E-state index in [4.69, 9.17) is 10.6 Å². The van der Waals surface area contributed by atoms with Crippen molar-refractivity contribution >= 4 is 11.6 Å². The molecule has 0 spiro atoms. The predicted octanol–water partition coefficient (Wildman–Crippen LogP) is 2.40. The first kappa shape index (κ1) is 15.5. The number of nitrogen functional groups attached to an aromatic ring is 1. The number of hydrazine groups is 1. The Kier molecular flexibility index (Phi) is 4.57. The fourth-order valence-corrected chi connectivity index (χ4v) is 2.45. The van der Waals surface area contributed by atoms with Gasteiger partial charge in [0.15, 0.2) is 11.6 Å². The van der Waals surface area contributed by atoms with E-state index in [0.717, 1.165) is 6.42 Å². The fraction of sp³-hybridized carbons (Fsp3) is 0.692. The molecule has 1 heterocycles. The van der Waals surface area contributed by atoms with E-state index in [9.17, 15) is 0 Å². The molecule has 0 aliphatic rings. The van der Waals surface area contributed by atoms with Crippen LogP contribution < -0.4 is 21.3 Å². The average Bonchev–Trinajstić information content (AvgIpc) is 2.24. The van der Waals surface area contributed by atoms with Gasteiger partial charge in [0.2, 0.25) is 5.75 Å². The van der Waals surface area contributed by atoms with Crippen LogP contribution in [0.15, 0.2) is 6.33 Å². The standard InChI is InChI=1S/C13H25N5O/c1-12(2,3)7-13(4,5)17-10-9(19-6)11(18-14)16-8-15-10/h8H,7,14H2,1-6H3,(H2,15,16,17,18). The molecule has 108 valence electrons. The third kappa shape index (κ3) is 4.55. The molecular formula is C13H25N5O. The number of rotatable bonds is 5. The van der Waals surface area contributed by atoms with Gasteiger partial charge >= 0.3 is 0 Å². The van der Waals surface area contributed by atoms with Crippen LogP contribution >= 0.6 is 0 Å². The molecule has 0 aliphatic carbocycles. The first-order valence-electron chi connectivity index (χ1n) is 6.32. The highest BCUT2D eigenvalue weighted by Crippen LogP contribution is 2.34. The van der Waals surface area contributed by atoms with Crippen LogP contribution in [0.4, 0.5) is 11.6 Å². The summed E-state index contributed by atoms with van der Waals surface area (Å²) in [6.45, 7) is 10.9. The SMILES string of the molecule is COc1c(NN)ncnc1NC(C)(C)CC(C)(C)C. The van der Waals surface area contributed by atoms with Crippen LogP contribution in [0.1, 0.15) is 41.0 Å². The monoisotopic (exact) mass is 267 g/mol. The lowest BCUT2D eigenvalue weighted by atomic mass is 9.82. The molecular weight excluding hydrogens is 242 g/mol. The smallest absolute Gasteiger partial charge is 0.205 e. The van der Waals surface area contributed by atoms with Crippen LogP contribution in [0.2, 0.25) is 0 Å². The maximum absolute atomic E-state index is 5.41. The summed E-state index contributed by atoms with van der Waals surface area (Å²) in [5, 5.41) is 3.40. The van der Waals surface area contributed by atoms with Gasteiger partial charge in [0.05, 0.1) is 7.11 Å². The second-order valence-electron chi connectivity index (χ2n) is 6.49. The third-order valence-corrected chi connectivity index (χ3v) is 2.57. The number of anilines is 2. The Labute approximate surface area is 115 Å². The van der Waals surface area contributed by atoms with Gasteiger partial charge in [-0.1, -0.05) is 20.8 Å². The quantitative estimate of drug-likeness (QED) is 0.561. The molecule has 1 aromatic heterocycles. The third-order valence-electron chi connectivity index (χ3n) is 2.57. The Morgan fingerprint density at radius 1 is 1.16 bits per heavy atom. The lowest BCUT2D eigenvalue weighted by molar-refractivity contribution is 0.301.